The van der Waals surface area contributed by atoms with Crippen LogP contribution in [-0.2, 0) is 24.3 Å². The minimum absolute atomic E-state index is 0.0757. The van der Waals surface area contributed by atoms with E-state index in [9.17, 15) is 4.79 Å². The number of rotatable bonds is 5. The molecule has 0 atom stereocenters. The number of amides is 1. The summed E-state index contributed by atoms with van der Waals surface area (Å²) in [6.45, 7) is 0.968. The number of aromatic nitrogens is 2. The molecular weight excluding hydrogens is 288 g/mol. The van der Waals surface area contributed by atoms with Gasteiger partial charge in [0.1, 0.15) is 0 Å². The second kappa shape index (κ2) is 6.62. The molecule has 1 amide bonds. The Balaban J connectivity index is 1.71. The van der Waals surface area contributed by atoms with E-state index in [0.29, 0.717) is 19.5 Å². The molecule has 1 aromatic carbocycles. The smallest absolute Gasteiger partial charge is 0.227 e. The molecule has 2 heterocycles. The van der Waals surface area contributed by atoms with Crippen molar-refractivity contribution in [2.24, 2.45) is 5.73 Å². The van der Waals surface area contributed by atoms with Gasteiger partial charge in [-0.2, -0.15) is 0 Å². The van der Waals surface area contributed by atoms with Crippen molar-refractivity contribution < 1.29 is 4.79 Å². The number of carbonyl (C=O) groups excluding carboxylic acids is 1. The maximum absolute atomic E-state index is 12.5. The van der Waals surface area contributed by atoms with Gasteiger partial charge >= 0.3 is 0 Å². The molecule has 0 aliphatic carbocycles. The molecule has 5 heteroatoms. The van der Waals surface area contributed by atoms with Gasteiger partial charge in [0.25, 0.3) is 0 Å². The molecule has 0 fully saturated rings. The van der Waals surface area contributed by atoms with Crippen molar-refractivity contribution in [2.75, 3.05) is 7.05 Å². The van der Waals surface area contributed by atoms with Crippen molar-refractivity contribution in [3.05, 3.63) is 65.6 Å². The molecule has 3 aromatic rings. The molecular formula is C18H20N4O. The van der Waals surface area contributed by atoms with E-state index in [1.54, 1.807) is 11.1 Å². The maximum atomic E-state index is 12.5. The number of benzene rings is 1. The molecule has 0 aliphatic rings. The van der Waals surface area contributed by atoms with Crippen LogP contribution in [0, 0.1) is 0 Å². The van der Waals surface area contributed by atoms with Crippen LogP contribution in [0.4, 0.5) is 0 Å². The Morgan fingerprint density at radius 1 is 1.30 bits per heavy atom. The van der Waals surface area contributed by atoms with E-state index < -0.39 is 0 Å². The summed E-state index contributed by atoms with van der Waals surface area (Å²) in [6, 6.07) is 11.9. The van der Waals surface area contributed by atoms with Crippen LogP contribution >= 0.6 is 0 Å². The number of aromatic amines is 1. The second-order valence-corrected chi connectivity index (χ2v) is 5.64. The van der Waals surface area contributed by atoms with Gasteiger partial charge in [0.05, 0.1) is 12.1 Å². The highest BCUT2D eigenvalue weighted by Gasteiger charge is 2.12. The Labute approximate surface area is 135 Å². The predicted molar refractivity (Wildman–Crippen MR) is 90.6 cm³/mol. The Morgan fingerprint density at radius 3 is 3.00 bits per heavy atom. The van der Waals surface area contributed by atoms with Gasteiger partial charge in [-0.15, -0.1) is 0 Å². The molecule has 0 radical (unpaired) electrons. The third kappa shape index (κ3) is 3.40. The van der Waals surface area contributed by atoms with E-state index in [-0.39, 0.29) is 5.91 Å². The van der Waals surface area contributed by atoms with Crippen molar-refractivity contribution >= 4 is 16.8 Å². The minimum atomic E-state index is 0.0757. The molecule has 0 saturated carbocycles. The maximum Gasteiger partial charge on any atom is 0.227 e. The zero-order chi connectivity index (χ0) is 16.2. The quantitative estimate of drug-likeness (QED) is 0.759. The van der Waals surface area contributed by atoms with Crippen molar-refractivity contribution in [1.82, 2.24) is 14.9 Å². The van der Waals surface area contributed by atoms with Gasteiger partial charge in [0.15, 0.2) is 0 Å². The molecule has 2 aromatic heterocycles. The van der Waals surface area contributed by atoms with Gasteiger partial charge < -0.3 is 15.6 Å². The Bertz CT molecular complexity index is 825. The van der Waals surface area contributed by atoms with Crippen LogP contribution in [0.25, 0.3) is 10.9 Å². The third-order valence-electron chi connectivity index (χ3n) is 3.96. The van der Waals surface area contributed by atoms with Crippen LogP contribution in [0.15, 0.2) is 48.8 Å². The summed E-state index contributed by atoms with van der Waals surface area (Å²) in [5.41, 5.74) is 9.56. The molecule has 3 rings (SSSR count). The van der Waals surface area contributed by atoms with E-state index in [1.807, 2.05) is 43.6 Å². The Hall–Kier alpha value is -2.66. The fraction of sp³-hybridized carbons (Fsp3) is 0.222. The number of nitrogens with one attached hydrogen (secondary N) is 1. The zero-order valence-electron chi connectivity index (χ0n) is 13.1. The van der Waals surface area contributed by atoms with Crippen LogP contribution in [0.5, 0.6) is 0 Å². The Kier molecular flexibility index (Phi) is 4.39. The molecule has 3 N–H and O–H groups in total. The molecule has 0 spiro atoms. The first kappa shape index (κ1) is 15.2. The van der Waals surface area contributed by atoms with E-state index in [4.69, 9.17) is 5.73 Å². The molecule has 5 nitrogen and oxygen atoms in total. The number of hydrogen-bond acceptors (Lipinski definition) is 3. The monoisotopic (exact) mass is 308 g/mol. The topological polar surface area (TPSA) is 75.0 Å². The van der Waals surface area contributed by atoms with Gasteiger partial charge in [0.2, 0.25) is 5.91 Å². The zero-order valence-corrected chi connectivity index (χ0v) is 13.1. The van der Waals surface area contributed by atoms with Gasteiger partial charge in [-0.05, 0) is 35.4 Å². The summed E-state index contributed by atoms with van der Waals surface area (Å²) in [7, 11) is 1.83. The highest BCUT2D eigenvalue weighted by molar-refractivity contribution is 5.84. The lowest BCUT2D eigenvalue weighted by molar-refractivity contribution is -0.129. The van der Waals surface area contributed by atoms with Crippen LogP contribution in [0.1, 0.15) is 16.8 Å². The second-order valence-electron chi connectivity index (χ2n) is 5.64. The largest absolute Gasteiger partial charge is 0.361 e. The number of likely N-dealkylation sites (N-methyl/N-ethyl adjacent to an activating group) is 1. The van der Waals surface area contributed by atoms with Crippen LogP contribution in [0.2, 0.25) is 0 Å². The lowest BCUT2D eigenvalue weighted by atomic mass is 10.1. The summed E-state index contributed by atoms with van der Waals surface area (Å²) < 4.78 is 0. The van der Waals surface area contributed by atoms with Crippen molar-refractivity contribution in [2.45, 2.75) is 19.5 Å². The number of nitrogens with two attached hydrogens (primary N) is 1. The fourth-order valence-corrected chi connectivity index (χ4v) is 2.69. The minimum Gasteiger partial charge on any atom is -0.361 e. The van der Waals surface area contributed by atoms with Crippen molar-refractivity contribution in [3.8, 4) is 0 Å². The number of carbonyl (C=O) groups is 1. The van der Waals surface area contributed by atoms with E-state index in [1.165, 1.54) is 0 Å². The average Bonchev–Trinajstić information content (AvgIpc) is 3.04. The number of hydrogen-bond donors (Lipinski definition) is 2. The Morgan fingerprint density at radius 2 is 2.17 bits per heavy atom. The SMILES string of the molecule is CN(Cc1cccc2[nH]ccc12)C(=O)Cc1ccnc(CN)c1. The first-order valence-corrected chi connectivity index (χ1v) is 7.60. The molecule has 0 aliphatic heterocycles. The van der Waals surface area contributed by atoms with Gasteiger partial charge in [-0.3, -0.25) is 9.78 Å². The fourth-order valence-electron chi connectivity index (χ4n) is 2.69. The van der Waals surface area contributed by atoms with E-state index in [0.717, 1.165) is 27.7 Å². The summed E-state index contributed by atoms with van der Waals surface area (Å²) in [5.74, 6) is 0.0757. The first-order chi connectivity index (χ1) is 11.2. The normalized spacial score (nSPS) is 10.9. The molecule has 0 unspecified atom stereocenters. The highest BCUT2D eigenvalue weighted by Crippen LogP contribution is 2.19. The average molecular weight is 308 g/mol. The third-order valence-corrected chi connectivity index (χ3v) is 3.96. The van der Waals surface area contributed by atoms with Crippen LogP contribution < -0.4 is 5.73 Å². The molecule has 23 heavy (non-hydrogen) atoms. The molecule has 0 saturated heterocycles. The van der Waals surface area contributed by atoms with E-state index >= 15 is 0 Å². The summed E-state index contributed by atoms with van der Waals surface area (Å²) in [5, 5.41) is 1.15. The lowest BCUT2D eigenvalue weighted by Gasteiger charge is -2.18. The predicted octanol–water partition coefficient (Wildman–Crippen LogP) is 2.22. The first-order valence-electron chi connectivity index (χ1n) is 7.60. The van der Waals surface area contributed by atoms with Gasteiger partial charge in [0, 0.05) is 43.4 Å². The number of fused-ring (bicyclic) bond motifs is 1. The number of pyridine rings is 1. The standard InChI is InChI=1S/C18H20N4O/c1-22(12-14-3-2-4-17-16(14)6-8-21-17)18(23)10-13-5-7-20-15(9-13)11-19/h2-9,21H,10-12,19H2,1H3. The van der Waals surface area contributed by atoms with Crippen molar-refractivity contribution in [1.29, 1.82) is 0 Å². The molecule has 0 bridgehead atoms. The molecule has 118 valence electrons. The van der Waals surface area contributed by atoms with Crippen LogP contribution in [-0.4, -0.2) is 27.8 Å². The number of H-pyrrole nitrogens is 1. The summed E-state index contributed by atoms with van der Waals surface area (Å²) >= 11 is 0. The summed E-state index contributed by atoms with van der Waals surface area (Å²) in [4.78, 5) is 21.6. The highest BCUT2D eigenvalue weighted by atomic mass is 16.2. The van der Waals surface area contributed by atoms with Crippen molar-refractivity contribution in [3.63, 3.8) is 0 Å². The summed E-state index contributed by atoms with van der Waals surface area (Å²) in [6.07, 6.45) is 3.97. The van der Waals surface area contributed by atoms with E-state index in [2.05, 4.69) is 16.0 Å². The van der Waals surface area contributed by atoms with Gasteiger partial charge in [-0.25, -0.2) is 0 Å². The van der Waals surface area contributed by atoms with Crippen LogP contribution in [0.3, 0.4) is 0 Å². The number of nitrogens with zero attached hydrogens (tertiary/aromatic N) is 2. The van der Waals surface area contributed by atoms with Gasteiger partial charge in [-0.1, -0.05) is 12.1 Å². The lowest BCUT2D eigenvalue weighted by Crippen LogP contribution is -2.27.